The Morgan fingerprint density at radius 2 is 1.52 bits per heavy atom. The number of hydrogen-bond donors (Lipinski definition) is 1. The predicted molar refractivity (Wildman–Crippen MR) is 91.9 cm³/mol. The van der Waals surface area contributed by atoms with Gasteiger partial charge in [0.2, 0.25) is 0 Å². The highest BCUT2D eigenvalue weighted by Gasteiger charge is 2.09. The van der Waals surface area contributed by atoms with Crippen molar-refractivity contribution in [3.05, 3.63) is 70.8 Å². The van der Waals surface area contributed by atoms with Crippen LogP contribution >= 0.6 is 0 Å². The largest absolute Gasteiger partial charge is 0.314 e. The van der Waals surface area contributed by atoms with Crippen LogP contribution < -0.4 is 5.32 Å². The van der Waals surface area contributed by atoms with E-state index in [0.29, 0.717) is 6.04 Å². The summed E-state index contributed by atoms with van der Waals surface area (Å²) < 4.78 is 0. The van der Waals surface area contributed by atoms with Crippen molar-refractivity contribution in [2.24, 2.45) is 0 Å². The number of rotatable bonds is 7. The molecule has 0 radical (unpaired) electrons. The van der Waals surface area contributed by atoms with Gasteiger partial charge in [-0.2, -0.15) is 0 Å². The summed E-state index contributed by atoms with van der Waals surface area (Å²) in [5.74, 6) is 0. The van der Waals surface area contributed by atoms with Crippen LogP contribution in [0.15, 0.2) is 48.5 Å². The zero-order valence-corrected chi connectivity index (χ0v) is 13.5. The maximum atomic E-state index is 3.63. The highest BCUT2D eigenvalue weighted by atomic mass is 14.9. The van der Waals surface area contributed by atoms with Crippen LogP contribution in [0.3, 0.4) is 0 Å². The second-order valence-electron chi connectivity index (χ2n) is 5.82. The van der Waals surface area contributed by atoms with Crippen molar-refractivity contribution >= 4 is 0 Å². The molecule has 0 aliphatic heterocycles. The van der Waals surface area contributed by atoms with Crippen LogP contribution in [0.5, 0.6) is 0 Å². The van der Waals surface area contributed by atoms with E-state index in [1.807, 2.05) is 0 Å². The van der Waals surface area contributed by atoms with E-state index in [1.54, 1.807) is 0 Å². The van der Waals surface area contributed by atoms with Gasteiger partial charge in [-0.15, -0.1) is 0 Å². The second-order valence-corrected chi connectivity index (χ2v) is 5.82. The molecule has 1 atom stereocenters. The normalized spacial score (nSPS) is 12.3. The Hall–Kier alpha value is -1.60. The highest BCUT2D eigenvalue weighted by Crippen LogP contribution is 2.12. The maximum absolute atomic E-state index is 3.63. The molecule has 0 spiro atoms. The van der Waals surface area contributed by atoms with Crippen molar-refractivity contribution in [2.75, 3.05) is 6.54 Å². The van der Waals surface area contributed by atoms with Gasteiger partial charge in [-0.3, -0.25) is 0 Å². The van der Waals surface area contributed by atoms with Gasteiger partial charge < -0.3 is 5.32 Å². The minimum Gasteiger partial charge on any atom is -0.314 e. The lowest BCUT2D eigenvalue weighted by Gasteiger charge is -2.18. The summed E-state index contributed by atoms with van der Waals surface area (Å²) in [6, 6.07) is 18.4. The van der Waals surface area contributed by atoms with Crippen LogP contribution in [0.4, 0.5) is 0 Å². The van der Waals surface area contributed by atoms with Crippen molar-refractivity contribution in [2.45, 2.75) is 46.1 Å². The maximum Gasteiger partial charge on any atom is 0.0148 e. The molecule has 0 heterocycles. The Bertz CT molecular complexity index is 542. The van der Waals surface area contributed by atoms with E-state index in [9.17, 15) is 0 Å². The zero-order valence-electron chi connectivity index (χ0n) is 13.5. The summed E-state index contributed by atoms with van der Waals surface area (Å²) >= 11 is 0. The summed E-state index contributed by atoms with van der Waals surface area (Å²) in [6.45, 7) is 7.57. The van der Waals surface area contributed by atoms with Gasteiger partial charge in [0, 0.05) is 6.04 Å². The number of benzene rings is 2. The fourth-order valence-corrected chi connectivity index (χ4v) is 2.82. The fourth-order valence-electron chi connectivity index (χ4n) is 2.82. The first-order valence-electron chi connectivity index (χ1n) is 8.08. The van der Waals surface area contributed by atoms with Crippen LogP contribution in [-0.2, 0) is 19.3 Å². The molecule has 2 rings (SSSR count). The molecule has 0 saturated carbocycles. The lowest BCUT2D eigenvalue weighted by Crippen LogP contribution is -2.33. The summed E-state index contributed by atoms with van der Waals surface area (Å²) in [4.78, 5) is 0. The molecule has 2 aromatic carbocycles. The standard InChI is InChI=1S/C20H27N/c1-4-17-9-11-18(12-10-17)14-20(21-5-2)15-19-8-6-7-16(3)13-19/h6-13,20-21H,4-5,14-15H2,1-3H3. The summed E-state index contributed by atoms with van der Waals surface area (Å²) in [5, 5.41) is 3.63. The Labute approximate surface area is 129 Å². The zero-order chi connectivity index (χ0) is 15.1. The number of nitrogens with one attached hydrogen (secondary N) is 1. The summed E-state index contributed by atoms with van der Waals surface area (Å²) in [5.41, 5.74) is 5.60. The van der Waals surface area contributed by atoms with E-state index in [2.05, 4.69) is 74.6 Å². The van der Waals surface area contributed by atoms with Crippen LogP contribution in [-0.4, -0.2) is 12.6 Å². The van der Waals surface area contributed by atoms with Gasteiger partial charge in [0.25, 0.3) is 0 Å². The molecule has 1 heteroatoms. The van der Waals surface area contributed by atoms with E-state index in [-0.39, 0.29) is 0 Å². The molecule has 0 aliphatic carbocycles. The van der Waals surface area contributed by atoms with E-state index in [1.165, 1.54) is 22.3 Å². The quantitative estimate of drug-likeness (QED) is 0.797. The Kier molecular flexibility index (Phi) is 6.01. The van der Waals surface area contributed by atoms with Crippen molar-refractivity contribution in [1.82, 2.24) is 5.32 Å². The van der Waals surface area contributed by atoms with Gasteiger partial charge >= 0.3 is 0 Å². The number of hydrogen-bond acceptors (Lipinski definition) is 1. The van der Waals surface area contributed by atoms with Crippen LogP contribution in [0.25, 0.3) is 0 Å². The molecule has 0 fully saturated rings. The van der Waals surface area contributed by atoms with Gasteiger partial charge in [-0.1, -0.05) is 67.9 Å². The molecule has 0 aliphatic rings. The number of likely N-dealkylation sites (N-methyl/N-ethyl adjacent to an activating group) is 1. The average Bonchev–Trinajstić information content (AvgIpc) is 2.48. The SMILES string of the molecule is CCNC(Cc1ccc(CC)cc1)Cc1cccc(C)c1. The Morgan fingerprint density at radius 1 is 0.857 bits per heavy atom. The minimum absolute atomic E-state index is 0.504. The predicted octanol–water partition coefficient (Wildman–Crippen LogP) is 4.32. The molecular formula is C20H27N. The van der Waals surface area contributed by atoms with Gasteiger partial charge in [0.05, 0.1) is 0 Å². The molecule has 0 amide bonds. The Morgan fingerprint density at radius 3 is 2.14 bits per heavy atom. The van der Waals surface area contributed by atoms with Crippen molar-refractivity contribution in [3.8, 4) is 0 Å². The minimum atomic E-state index is 0.504. The van der Waals surface area contributed by atoms with Gasteiger partial charge in [0.1, 0.15) is 0 Å². The third-order valence-electron chi connectivity index (χ3n) is 3.97. The van der Waals surface area contributed by atoms with Crippen LogP contribution in [0, 0.1) is 6.92 Å². The fraction of sp³-hybridized carbons (Fsp3) is 0.400. The van der Waals surface area contributed by atoms with Gasteiger partial charge in [-0.05, 0) is 49.4 Å². The monoisotopic (exact) mass is 281 g/mol. The molecule has 1 nitrogen and oxygen atoms in total. The molecule has 1 N–H and O–H groups in total. The van der Waals surface area contributed by atoms with E-state index < -0.39 is 0 Å². The van der Waals surface area contributed by atoms with E-state index in [0.717, 1.165) is 25.8 Å². The first-order valence-corrected chi connectivity index (χ1v) is 8.08. The lowest BCUT2D eigenvalue weighted by molar-refractivity contribution is 0.521. The summed E-state index contributed by atoms with van der Waals surface area (Å²) in [7, 11) is 0. The van der Waals surface area contributed by atoms with Crippen molar-refractivity contribution < 1.29 is 0 Å². The molecule has 112 valence electrons. The third kappa shape index (κ3) is 5.02. The summed E-state index contributed by atoms with van der Waals surface area (Å²) in [6.07, 6.45) is 3.29. The lowest BCUT2D eigenvalue weighted by atomic mass is 9.97. The molecular weight excluding hydrogens is 254 g/mol. The average molecular weight is 281 g/mol. The molecule has 1 unspecified atom stereocenters. The van der Waals surface area contributed by atoms with Crippen molar-refractivity contribution in [3.63, 3.8) is 0 Å². The molecule has 2 aromatic rings. The first-order chi connectivity index (χ1) is 10.2. The Balaban J connectivity index is 2.04. The molecule has 0 bridgehead atoms. The third-order valence-corrected chi connectivity index (χ3v) is 3.97. The number of aryl methyl sites for hydroxylation is 2. The second kappa shape index (κ2) is 7.99. The molecule has 0 aromatic heterocycles. The van der Waals surface area contributed by atoms with Crippen LogP contribution in [0.1, 0.15) is 36.1 Å². The van der Waals surface area contributed by atoms with Gasteiger partial charge in [0.15, 0.2) is 0 Å². The van der Waals surface area contributed by atoms with E-state index in [4.69, 9.17) is 0 Å². The van der Waals surface area contributed by atoms with Crippen LogP contribution in [0.2, 0.25) is 0 Å². The van der Waals surface area contributed by atoms with Crippen molar-refractivity contribution in [1.29, 1.82) is 0 Å². The topological polar surface area (TPSA) is 12.0 Å². The van der Waals surface area contributed by atoms with E-state index >= 15 is 0 Å². The molecule has 0 saturated heterocycles. The smallest absolute Gasteiger partial charge is 0.0148 e. The first kappa shape index (κ1) is 15.8. The molecule has 21 heavy (non-hydrogen) atoms. The highest BCUT2D eigenvalue weighted by molar-refractivity contribution is 5.25. The van der Waals surface area contributed by atoms with Gasteiger partial charge in [-0.25, -0.2) is 0 Å².